The van der Waals surface area contributed by atoms with E-state index in [9.17, 15) is 60.7 Å². The lowest BCUT2D eigenvalue weighted by atomic mass is 9.50. The Bertz CT molecular complexity index is 2440. The fraction of sp³-hybridized carbons (Fsp3) is 0.912. The van der Waals surface area contributed by atoms with Crippen molar-refractivity contribution in [3.8, 4) is 0 Å². The van der Waals surface area contributed by atoms with E-state index in [1.807, 2.05) is 49.9 Å². The molecule has 2 aliphatic heterocycles. The third kappa shape index (κ3) is 17.7. The summed E-state index contributed by atoms with van der Waals surface area (Å²) in [5, 5.41) is 159. The van der Waals surface area contributed by atoms with Crippen LogP contribution in [0.5, 0.6) is 0 Å². The Balaban J connectivity index is 0.000000166. The molecule has 0 aromatic carbocycles. The molecule has 10 saturated carbocycles. The number of amides is 2. The molecule has 0 unspecified atom stereocenters. The largest absolute Gasteiger partial charge is 0.396 e. The third-order valence-electron chi connectivity index (χ3n) is 24.5. The standard InChI is InChI=1S/2C25H41N5O5.2C9H18O4/c2*1-3-20-22(26-15(2)32)24(34)23(33)21(12-31)30(20)11-19-10-29(28-27-19)14-35-13-25-7-16-4-17(8-25)6-18(5-16)9-25;2*1-5-6(3-10)2-7(4-11)9(13)8(5)12/h2*10,16-18,20-24,31,33-34H,3-9,11-14H2,1-2H3,(H,26,32);2*5-13H,2-4H2,1H3/t16?,17?,18?,20-,21+,22-,23+,24+,25?;16?,17?,18?,20-,21-,22+,23-,24-,25?;5-,6+,7+,8+,9+;5-,6-,7+,8+,9+/m0100/s1. The number of nitrogens with zero attached hydrogens (tertiary/aromatic N) is 8. The number of nitrogens with one attached hydrogen (secondary N) is 2. The molecule has 96 heavy (non-hydrogen) atoms. The van der Waals surface area contributed by atoms with Gasteiger partial charge in [-0.05, 0) is 173 Å². The minimum atomic E-state index is -1.20. The van der Waals surface area contributed by atoms with Crippen molar-refractivity contribution in [1.29, 1.82) is 0 Å². The monoisotopic (exact) mass is 1360 g/mol. The molecule has 28 nitrogen and oxygen atoms in total. The average molecular weight is 1360 g/mol. The van der Waals surface area contributed by atoms with Crippen molar-refractivity contribution < 1.29 is 90.6 Å². The Morgan fingerprint density at radius 3 is 1.03 bits per heavy atom. The van der Waals surface area contributed by atoms with Gasteiger partial charge >= 0.3 is 0 Å². The number of hydrogen-bond donors (Lipinski definition) is 16. The molecule has 28 heteroatoms. The van der Waals surface area contributed by atoms with Gasteiger partial charge in [0.25, 0.3) is 0 Å². The molecule has 2 aromatic heterocycles. The molecular weight excluding hydrogens is 1240 g/mol. The van der Waals surface area contributed by atoms with Crippen LogP contribution in [0.4, 0.5) is 0 Å². The molecule has 14 rings (SSSR count). The van der Waals surface area contributed by atoms with Gasteiger partial charge < -0.3 is 91.6 Å². The Hall–Kier alpha value is -3.50. The summed E-state index contributed by atoms with van der Waals surface area (Å²) < 4.78 is 15.7. The van der Waals surface area contributed by atoms with E-state index in [4.69, 9.17) is 29.9 Å². The van der Waals surface area contributed by atoms with E-state index >= 15 is 0 Å². The van der Waals surface area contributed by atoms with E-state index in [1.54, 1.807) is 9.36 Å². The first-order valence-corrected chi connectivity index (χ1v) is 35.9. The van der Waals surface area contributed by atoms with E-state index < -0.39 is 73.0 Å². The second-order valence-electron chi connectivity index (χ2n) is 31.4. The molecule has 8 bridgehead atoms. The van der Waals surface area contributed by atoms with E-state index in [-0.39, 0.29) is 99.0 Å². The highest BCUT2D eigenvalue weighted by Crippen LogP contribution is 2.61. The van der Waals surface area contributed by atoms with Crippen LogP contribution >= 0.6 is 0 Å². The minimum absolute atomic E-state index is 0.00144. The summed E-state index contributed by atoms with van der Waals surface area (Å²) in [7, 11) is 0. The fourth-order valence-electron chi connectivity index (χ4n) is 20.4. The van der Waals surface area contributed by atoms with Crippen molar-refractivity contribution in [3.05, 3.63) is 23.8 Å². The first-order chi connectivity index (χ1) is 45.8. The third-order valence-corrected chi connectivity index (χ3v) is 24.5. The van der Waals surface area contributed by atoms with Crippen molar-refractivity contribution in [2.75, 3.05) is 52.9 Å². The van der Waals surface area contributed by atoms with Crippen molar-refractivity contribution in [2.24, 2.45) is 81.8 Å². The van der Waals surface area contributed by atoms with Crippen LogP contribution in [-0.2, 0) is 45.6 Å². The molecular formula is C68H118N10O18. The zero-order chi connectivity index (χ0) is 69.5. The molecule has 548 valence electrons. The quantitative estimate of drug-likeness (QED) is 0.0688. The number of aliphatic hydroxyl groups excluding tert-OH is 14. The number of ether oxygens (including phenoxy) is 2. The van der Waals surface area contributed by atoms with Crippen LogP contribution in [0.25, 0.3) is 0 Å². The molecule has 0 radical (unpaired) electrons. The molecule has 20 atom stereocenters. The molecule has 2 aromatic rings. The van der Waals surface area contributed by atoms with Crippen LogP contribution in [0.2, 0.25) is 0 Å². The number of hydrogen-bond acceptors (Lipinski definition) is 24. The molecule has 4 heterocycles. The number of aliphatic hydroxyl groups is 14. The fourth-order valence-corrected chi connectivity index (χ4v) is 20.4. The number of carbonyl (C=O) groups is 2. The lowest BCUT2D eigenvalue weighted by molar-refractivity contribution is -0.142. The van der Waals surface area contributed by atoms with Crippen molar-refractivity contribution >= 4 is 11.8 Å². The van der Waals surface area contributed by atoms with Gasteiger partial charge in [-0.25, -0.2) is 9.36 Å². The Morgan fingerprint density at radius 1 is 0.448 bits per heavy atom. The van der Waals surface area contributed by atoms with Gasteiger partial charge in [0.2, 0.25) is 11.8 Å². The first kappa shape index (κ1) is 76.7. The molecule has 16 N–H and O–H groups in total. The number of rotatable bonds is 22. The summed E-state index contributed by atoms with van der Waals surface area (Å²) in [5.74, 6) is 3.98. The van der Waals surface area contributed by atoms with Crippen LogP contribution < -0.4 is 10.6 Å². The minimum Gasteiger partial charge on any atom is -0.396 e. The number of carbonyl (C=O) groups excluding carboxylic acids is 2. The van der Waals surface area contributed by atoms with E-state index in [1.165, 1.54) is 90.9 Å². The van der Waals surface area contributed by atoms with Crippen molar-refractivity contribution in [3.63, 3.8) is 0 Å². The maximum absolute atomic E-state index is 11.7. The van der Waals surface area contributed by atoms with Crippen molar-refractivity contribution in [2.45, 2.75) is 256 Å². The number of likely N-dealkylation sites (tertiary alicyclic amines) is 2. The maximum Gasteiger partial charge on any atom is 0.217 e. The highest BCUT2D eigenvalue weighted by molar-refractivity contribution is 5.73. The molecule has 2 saturated heterocycles. The van der Waals surface area contributed by atoms with E-state index in [0.29, 0.717) is 74.5 Å². The summed E-state index contributed by atoms with van der Waals surface area (Å²) in [5.41, 5.74) is 2.07. The molecule has 12 aliphatic rings. The molecule has 10 aliphatic carbocycles. The number of piperidine rings is 2. The molecule has 12 fully saturated rings. The first-order valence-electron chi connectivity index (χ1n) is 35.9. The van der Waals surface area contributed by atoms with Gasteiger partial charge in [-0.2, -0.15) is 0 Å². The van der Waals surface area contributed by atoms with Gasteiger partial charge in [-0.3, -0.25) is 19.4 Å². The second kappa shape index (κ2) is 34.0. The number of aromatic nitrogens is 6. The van der Waals surface area contributed by atoms with E-state index in [0.717, 1.165) is 48.7 Å². The Kier molecular flexibility index (Phi) is 27.1. The normalized spacial score (nSPS) is 42.3. The summed E-state index contributed by atoms with van der Waals surface area (Å²) in [6.45, 7) is 12.3. The molecule has 2 amide bonds. The van der Waals surface area contributed by atoms with Crippen LogP contribution in [-0.4, -0.2) is 261 Å². The lowest BCUT2D eigenvalue weighted by Gasteiger charge is -2.56. The maximum atomic E-state index is 11.7. The summed E-state index contributed by atoms with van der Waals surface area (Å²) in [6, 6.07) is -3.17. The van der Waals surface area contributed by atoms with Crippen LogP contribution in [0.15, 0.2) is 12.4 Å². The highest BCUT2D eigenvalue weighted by Gasteiger charge is 2.54. The SMILES string of the molecule is CC[C@@H]1[C@H](NC(C)=O)[C@@H](O)[C@H](O)[C@@H](CO)N1Cc1cn(COCC23CC4CC(CC(C4)C2)C3)nn1.CC[C@H]1[C@H](NC(C)=O)[C@@H](O)[C@H](O)[C@@H](CO)N1Cc1cn(COCC23CC4CC(CC(C4)C2)C3)nn1.C[C@H]1[C@@H](CO)C[C@H](CO)[C@@H](O)[C@@H]1O.C[C@H]1[C@H](CO)C[C@H](CO)[C@@H](O)[C@@H]1O. The summed E-state index contributed by atoms with van der Waals surface area (Å²) in [4.78, 5) is 27.3. The Labute approximate surface area is 565 Å². The van der Waals surface area contributed by atoms with Crippen LogP contribution in [0.3, 0.4) is 0 Å². The summed E-state index contributed by atoms with van der Waals surface area (Å²) in [6.07, 6.45) is 14.3. The van der Waals surface area contributed by atoms with Gasteiger partial charge in [0.15, 0.2) is 0 Å². The van der Waals surface area contributed by atoms with Gasteiger partial charge in [-0.1, -0.05) is 38.1 Å². The zero-order valence-corrected chi connectivity index (χ0v) is 57.4. The van der Waals surface area contributed by atoms with Gasteiger partial charge in [0, 0.05) is 77.3 Å². The smallest absolute Gasteiger partial charge is 0.217 e. The molecule has 0 spiro atoms. The Morgan fingerprint density at radius 2 is 0.760 bits per heavy atom. The predicted octanol–water partition coefficient (Wildman–Crippen LogP) is -0.770. The highest BCUT2D eigenvalue weighted by atomic mass is 16.5. The zero-order valence-electron chi connectivity index (χ0n) is 57.4. The average Bonchev–Trinajstić information content (AvgIpc) is 0.785. The van der Waals surface area contributed by atoms with Gasteiger partial charge in [0.1, 0.15) is 25.7 Å². The van der Waals surface area contributed by atoms with Crippen molar-refractivity contribution in [1.82, 2.24) is 50.4 Å². The summed E-state index contributed by atoms with van der Waals surface area (Å²) >= 11 is 0. The van der Waals surface area contributed by atoms with Crippen LogP contribution in [0.1, 0.15) is 156 Å². The van der Waals surface area contributed by atoms with E-state index in [2.05, 4.69) is 31.3 Å². The lowest BCUT2D eigenvalue weighted by Crippen LogP contribution is -2.70. The van der Waals surface area contributed by atoms with Crippen LogP contribution in [0, 0.1) is 81.8 Å². The second-order valence-corrected chi connectivity index (χ2v) is 31.4. The van der Waals surface area contributed by atoms with Gasteiger partial charge in [-0.15, -0.1) is 10.2 Å². The predicted molar refractivity (Wildman–Crippen MR) is 347 cm³/mol. The topological polar surface area (TPSA) is 428 Å². The van der Waals surface area contributed by atoms with Gasteiger partial charge in [0.05, 0.1) is 111 Å².